The minimum Gasteiger partial charge on any atom is -0.383 e. The number of methoxy groups -OCH3 is 1. The van der Waals surface area contributed by atoms with Gasteiger partial charge in [-0.3, -0.25) is 9.69 Å². The third-order valence-corrected chi connectivity index (χ3v) is 5.94. The van der Waals surface area contributed by atoms with Gasteiger partial charge in [-0.05, 0) is 40.9 Å². The summed E-state index contributed by atoms with van der Waals surface area (Å²) >= 11 is 0. The van der Waals surface area contributed by atoms with Crippen molar-refractivity contribution in [1.82, 2.24) is 35.0 Å². The summed E-state index contributed by atoms with van der Waals surface area (Å²) in [7, 11) is 1.65. The number of hydrogen-bond acceptors (Lipinski definition) is 7. The lowest BCUT2D eigenvalue weighted by molar-refractivity contribution is 0.106. The van der Waals surface area contributed by atoms with Gasteiger partial charge < -0.3 is 14.6 Å². The fraction of sp³-hybridized carbons (Fsp3) is 0.524. The molecule has 0 aliphatic carbocycles. The number of aromatic nitrogens is 5. The maximum Gasteiger partial charge on any atom is 0.253 e. The van der Waals surface area contributed by atoms with E-state index in [4.69, 9.17) is 4.74 Å². The highest BCUT2D eigenvalue weighted by atomic mass is 16.5. The quantitative estimate of drug-likeness (QED) is 0.624. The molecule has 9 heteroatoms. The van der Waals surface area contributed by atoms with Crippen LogP contribution in [0.25, 0.3) is 10.9 Å². The van der Waals surface area contributed by atoms with Gasteiger partial charge in [0.25, 0.3) is 5.56 Å². The number of ether oxygens (including phenoxy) is 1. The average Bonchev–Trinajstić information content (AvgIpc) is 3.22. The predicted octanol–water partition coefficient (Wildman–Crippen LogP) is 1.20. The Morgan fingerprint density at radius 1 is 1.23 bits per heavy atom. The van der Waals surface area contributed by atoms with Crippen molar-refractivity contribution in [2.24, 2.45) is 0 Å². The molecule has 1 aliphatic heterocycles. The molecule has 1 saturated heterocycles. The van der Waals surface area contributed by atoms with E-state index in [9.17, 15) is 4.79 Å². The van der Waals surface area contributed by atoms with E-state index in [2.05, 4.69) is 37.2 Å². The highest BCUT2D eigenvalue weighted by molar-refractivity contribution is 5.82. The second-order valence-corrected chi connectivity index (χ2v) is 7.72. The number of nitrogens with one attached hydrogen (secondary N) is 1. The Bertz CT molecular complexity index is 1050. The number of tetrazole rings is 1. The van der Waals surface area contributed by atoms with Crippen molar-refractivity contribution in [1.29, 1.82) is 0 Å². The van der Waals surface area contributed by atoms with Crippen LogP contribution in [0, 0.1) is 6.92 Å². The van der Waals surface area contributed by atoms with E-state index >= 15 is 0 Å². The molecular formula is C21H29N7O2. The zero-order chi connectivity index (χ0) is 21.1. The van der Waals surface area contributed by atoms with Crippen LogP contribution < -0.4 is 5.56 Å². The molecule has 4 rings (SSSR count). The van der Waals surface area contributed by atoms with Crippen LogP contribution in [-0.2, 0) is 11.3 Å². The standard InChI is InChI=1S/C21H29N7O2/c1-4-26-8-10-27(11-9-26)19(20-23-24-25-28(20)12-13-30-3)17-14-16-7-5-6-15(2)18(16)22-21(17)29/h5-7,14,19H,4,8-13H2,1-3H3,(H,22,29). The van der Waals surface area contributed by atoms with Crippen LogP contribution in [0.2, 0.25) is 0 Å². The Kier molecular flexibility index (Phi) is 6.21. The molecular weight excluding hydrogens is 382 g/mol. The van der Waals surface area contributed by atoms with Gasteiger partial charge in [0.2, 0.25) is 0 Å². The normalized spacial score (nSPS) is 16.9. The van der Waals surface area contributed by atoms with Gasteiger partial charge in [0.1, 0.15) is 6.04 Å². The molecule has 0 radical (unpaired) electrons. The summed E-state index contributed by atoms with van der Waals surface area (Å²) in [6.45, 7) is 9.85. The zero-order valence-corrected chi connectivity index (χ0v) is 17.8. The molecule has 1 N–H and O–H groups in total. The predicted molar refractivity (Wildman–Crippen MR) is 115 cm³/mol. The number of nitrogens with zero attached hydrogens (tertiary/aromatic N) is 6. The molecule has 0 bridgehead atoms. The highest BCUT2D eigenvalue weighted by Gasteiger charge is 2.32. The summed E-state index contributed by atoms with van der Waals surface area (Å²) in [6.07, 6.45) is 0. The number of aryl methyl sites for hydroxylation is 1. The van der Waals surface area contributed by atoms with Crippen LogP contribution in [0.5, 0.6) is 0 Å². The molecule has 1 aliphatic rings. The Labute approximate surface area is 175 Å². The number of benzene rings is 1. The van der Waals surface area contributed by atoms with Gasteiger partial charge >= 0.3 is 0 Å². The van der Waals surface area contributed by atoms with Crippen molar-refractivity contribution in [3.05, 3.63) is 51.6 Å². The Hall–Kier alpha value is -2.62. The van der Waals surface area contributed by atoms with Gasteiger partial charge in [-0.25, -0.2) is 4.68 Å². The van der Waals surface area contributed by atoms with E-state index < -0.39 is 0 Å². The number of aromatic amines is 1. The Morgan fingerprint density at radius 3 is 2.77 bits per heavy atom. The summed E-state index contributed by atoms with van der Waals surface area (Å²) in [5.41, 5.74) is 2.50. The van der Waals surface area contributed by atoms with Gasteiger partial charge in [-0.15, -0.1) is 5.10 Å². The van der Waals surface area contributed by atoms with Crippen LogP contribution in [0.3, 0.4) is 0 Å². The minimum atomic E-state index is -0.315. The number of fused-ring (bicyclic) bond motifs is 1. The van der Waals surface area contributed by atoms with E-state index in [0.29, 0.717) is 24.5 Å². The first-order chi connectivity index (χ1) is 14.6. The molecule has 3 heterocycles. The fourth-order valence-electron chi connectivity index (χ4n) is 4.18. The molecule has 0 spiro atoms. The summed E-state index contributed by atoms with van der Waals surface area (Å²) in [5.74, 6) is 0.675. The number of para-hydroxylation sites is 1. The second-order valence-electron chi connectivity index (χ2n) is 7.72. The van der Waals surface area contributed by atoms with Crippen LogP contribution in [-0.4, -0.2) is 81.4 Å². The number of rotatable bonds is 7. The van der Waals surface area contributed by atoms with Gasteiger partial charge in [0, 0.05) is 38.9 Å². The first-order valence-electron chi connectivity index (χ1n) is 10.5. The fourth-order valence-corrected chi connectivity index (χ4v) is 4.18. The molecule has 1 aromatic carbocycles. The van der Waals surface area contributed by atoms with Crippen LogP contribution in [0.1, 0.15) is 29.9 Å². The number of pyridine rings is 1. The highest BCUT2D eigenvalue weighted by Crippen LogP contribution is 2.28. The van der Waals surface area contributed by atoms with Gasteiger partial charge in [0.15, 0.2) is 5.82 Å². The summed E-state index contributed by atoms with van der Waals surface area (Å²) in [4.78, 5) is 21.0. The number of piperazine rings is 1. The van der Waals surface area contributed by atoms with E-state index in [1.807, 2.05) is 31.2 Å². The van der Waals surface area contributed by atoms with Crippen LogP contribution >= 0.6 is 0 Å². The number of likely N-dealkylation sites (N-methyl/N-ethyl adjacent to an activating group) is 1. The smallest absolute Gasteiger partial charge is 0.253 e. The molecule has 0 amide bonds. The van der Waals surface area contributed by atoms with Gasteiger partial charge in [-0.1, -0.05) is 25.1 Å². The average molecular weight is 412 g/mol. The third-order valence-electron chi connectivity index (χ3n) is 5.94. The maximum absolute atomic E-state index is 13.2. The zero-order valence-electron chi connectivity index (χ0n) is 17.8. The van der Waals surface area contributed by atoms with Crippen molar-refractivity contribution in [2.45, 2.75) is 26.4 Å². The van der Waals surface area contributed by atoms with Crippen molar-refractivity contribution in [3.8, 4) is 0 Å². The largest absolute Gasteiger partial charge is 0.383 e. The van der Waals surface area contributed by atoms with E-state index in [1.165, 1.54) is 0 Å². The van der Waals surface area contributed by atoms with Crippen molar-refractivity contribution in [2.75, 3.05) is 46.4 Å². The molecule has 1 fully saturated rings. The Morgan fingerprint density at radius 2 is 2.03 bits per heavy atom. The SMILES string of the molecule is CCN1CCN(C(c2cc3cccc(C)c3[nH]c2=O)c2nnnn2CCOC)CC1. The van der Waals surface area contributed by atoms with Gasteiger partial charge in [-0.2, -0.15) is 0 Å². The van der Waals surface area contributed by atoms with E-state index in [0.717, 1.165) is 49.2 Å². The first-order valence-corrected chi connectivity index (χ1v) is 10.5. The van der Waals surface area contributed by atoms with Crippen molar-refractivity contribution >= 4 is 10.9 Å². The summed E-state index contributed by atoms with van der Waals surface area (Å²) < 4.78 is 6.97. The van der Waals surface area contributed by atoms with E-state index in [1.54, 1.807) is 11.8 Å². The van der Waals surface area contributed by atoms with E-state index in [-0.39, 0.29) is 11.6 Å². The molecule has 2 aromatic heterocycles. The topological polar surface area (TPSA) is 92.2 Å². The molecule has 3 aromatic rings. The monoisotopic (exact) mass is 411 g/mol. The summed E-state index contributed by atoms with van der Waals surface area (Å²) in [5, 5.41) is 13.4. The van der Waals surface area contributed by atoms with Crippen LogP contribution in [0.4, 0.5) is 0 Å². The van der Waals surface area contributed by atoms with Crippen molar-refractivity contribution in [3.63, 3.8) is 0 Å². The third kappa shape index (κ3) is 4.00. The van der Waals surface area contributed by atoms with Gasteiger partial charge in [0.05, 0.1) is 18.7 Å². The van der Waals surface area contributed by atoms with Crippen molar-refractivity contribution < 1.29 is 4.74 Å². The molecule has 1 unspecified atom stereocenters. The first kappa shape index (κ1) is 20.6. The number of hydrogen-bond donors (Lipinski definition) is 1. The molecule has 160 valence electrons. The molecule has 30 heavy (non-hydrogen) atoms. The molecule has 0 saturated carbocycles. The second kappa shape index (κ2) is 9.03. The lowest BCUT2D eigenvalue weighted by Gasteiger charge is -2.38. The molecule has 1 atom stereocenters. The number of H-pyrrole nitrogens is 1. The molecule has 9 nitrogen and oxygen atoms in total. The summed E-state index contributed by atoms with van der Waals surface area (Å²) in [6, 6.07) is 7.72. The lowest BCUT2D eigenvalue weighted by Crippen LogP contribution is -2.49. The maximum atomic E-state index is 13.2. The Balaban J connectivity index is 1.80. The lowest BCUT2D eigenvalue weighted by atomic mass is 10.0. The minimum absolute atomic E-state index is 0.0963. The van der Waals surface area contributed by atoms with Crippen LogP contribution in [0.15, 0.2) is 29.1 Å².